The van der Waals surface area contributed by atoms with Crippen molar-refractivity contribution < 1.29 is 4.39 Å². The van der Waals surface area contributed by atoms with Crippen LogP contribution in [0.15, 0.2) is 72.8 Å². The summed E-state index contributed by atoms with van der Waals surface area (Å²) in [4.78, 5) is 0. The molecule has 0 bridgehead atoms. The van der Waals surface area contributed by atoms with Gasteiger partial charge in [-0.3, -0.25) is 0 Å². The van der Waals surface area contributed by atoms with Crippen LogP contribution in [0.25, 0.3) is 0 Å². The van der Waals surface area contributed by atoms with E-state index >= 15 is 0 Å². The van der Waals surface area contributed by atoms with Crippen molar-refractivity contribution in [1.29, 1.82) is 0 Å². The largest absolute Gasteiger partial charge is 0.379 e. The van der Waals surface area contributed by atoms with E-state index in [0.29, 0.717) is 18.8 Å². The summed E-state index contributed by atoms with van der Waals surface area (Å²) in [5.41, 5.74) is 10.1. The molecule has 4 heteroatoms. The number of nitrogens with one attached hydrogen (secondary N) is 2. The van der Waals surface area contributed by atoms with E-state index in [-0.39, 0.29) is 5.82 Å². The summed E-state index contributed by atoms with van der Waals surface area (Å²) in [6, 6.07) is 22.6. The summed E-state index contributed by atoms with van der Waals surface area (Å²) in [5, 5.41) is 6.54. The van der Waals surface area contributed by atoms with Crippen molar-refractivity contribution in [2.75, 3.05) is 10.6 Å². The van der Waals surface area contributed by atoms with Crippen LogP contribution >= 0.6 is 0 Å². The van der Waals surface area contributed by atoms with E-state index in [1.807, 2.05) is 36.4 Å². The molecule has 3 aromatic rings. The molecule has 4 N–H and O–H groups in total. The maximum Gasteiger partial charge on any atom is 0.146 e. The lowest BCUT2D eigenvalue weighted by molar-refractivity contribution is 0.632. The molecule has 0 saturated heterocycles. The Labute approximate surface area is 141 Å². The van der Waals surface area contributed by atoms with Gasteiger partial charge in [-0.25, -0.2) is 4.39 Å². The lowest BCUT2D eigenvalue weighted by Gasteiger charge is -2.14. The second-order valence-electron chi connectivity index (χ2n) is 5.53. The molecule has 0 aliphatic heterocycles. The van der Waals surface area contributed by atoms with Gasteiger partial charge in [0.25, 0.3) is 0 Å². The Kier molecular flexibility index (Phi) is 5.08. The second-order valence-corrected chi connectivity index (χ2v) is 5.53. The van der Waals surface area contributed by atoms with Gasteiger partial charge in [0, 0.05) is 13.1 Å². The fraction of sp³-hybridized carbons (Fsp3) is 0.100. The Morgan fingerprint density at radius 3 is 2.17 bits per heavy atom. The molecule has 24 heavy (non-hydrogen) atoms. The van der Waals surface area contributed by atoms with E-state index in [9.17, 15) is 4.39 Å². The number of rotatable bonds is 6. The highest BCUT2D eigenvalue weighted by Crippen LogP contribution is 2.27. The minimum absolute atomic E-state index is 0.275. The molecule has 3 nitrogen and oxygen atoms in total. The Balaban J connectivity index is 1.75. The number of nitrogens with two attached hydrogens (primary N) is 1. The first-order valence-electron chi connectivity index (χ1n) is 7.88. The van der Waals surface area contributed by atoms with Crippen molar-refractivity contribution in [2.45, 2.75) is 13.1 Å². The molecular weight excluding hydrogens is 301 g/mol. The summed E-state index contributed by atoms with van der Waals surface area (Å²) in [6.45, 7) is 1.20. The quantitative estimate of drug-likeness (QED) is 0.620. The van der Waals surface area contributed by atoms with E-state index in [1.54, 1.807) is 18.2 Å². The van der Waals surface area contributed by atoms with Gasteiger partial charge >= 0.3 is 0 Å². The topological polar surface area (TPSA) is 50.1 Å². The first kappa shape index (κ1) is 16.0. The summed E-state index contributed by atoms with van der Waals surface area (Å²) < 4.78 is 13.8. The fourth-order valence-corrected chi connectivity index (χ4v) is 2.52. The van der Waals surface area contributed by atoms with Crippen molar-refractivity contribution in [2.24, 2.45) is 5.73 Å². The molecule has 0 heterocycles. The van der Waals surface area contributed by atoms with Crippen molar-refractivity contribution in [1.82, 2.24) is 0 Å². The molecule has 0 amide bonds. The zero-order valence-electron chi connectivity index (χ0n) is 13.3. The van der Waals surface area contributed by atoms with Crippen LogP contribution in [0.2, 0.25) is 0 Å². The smallest absolute Gasteiger partial charge is 0.146 e. The zero-order valence-corrected chi connectivity index (χ0v) is 13.3. The predicted molar refractivity (Wildman–Crippen MR) is 97.8 cm³/mol. The lowest BCUT2D eigenvalue weighted by Crippen LogP contribution is -2.04. The first-order valence-corrected chi connectivity index (χ1v) is 7.88. The number of hydrogen-bond donors (Lipinski definition) is 3. The Morgan fingerprint density at radius 2 is 1.42 bits per heavy atom. The van der Waals surface area contributed by atoms with Gasteiger partial charge in [0.2, 0.25) is 0 Å². The highest BCUT2D eigenvalue weighted by atomic mass is 19.1. The Hall–Kier alpha value is -2.85. The third kappa shape index (κ3) is 3.91. The molecule has 0 saturated carbocycles. The monoisotopic (exact) mass is 321 g/mol. The number of hydrogen-bond acceptors (Lipinski definition) is 3. The SMILES string of the molecule is NCc1cccc(CNc2ccccc2Nc2ccccc2F)c1. The van der Waals surface area contributed by atoms with Gasteiger partial charge in [-0.1, -0.05) is 48.5 Å². The van der Waals surface area contributed by atoms with Gasteiger partial charge in [-0.05, 0) is 35.4 Å². The summed E-state index contributed by atoms with van der Waals surface area (Å²) in [5.74, 6) is -0.275. The number of benzene rings is 3. The molecule has 0 atom stereocenters. The summed E-state index contributed by atoms with van der Waals surface area (Å²) >= 11 is 0. The lowest BCUT2D eigenvalue weighted by atomic mass is 10.1. The average Bonchev–Trinajstić information content (AvgIpc) is 2.63. The molecular formula is C20H20FN3. The number of para-hydroxylation sites is 3. The number of anilines is 3. The predicted octanol–water partition coefficient (Wildman–Crippen LogP) is 4.64. The zero-order chi connectivity index (χ0) is 16.8. The summed E-state index contributed by atoms with van der Waals surface area (Å²) in [6.07, 6.45) is 0. The standard InChI is InChI=1S/C20H20FN3/c21-17-8-1-2-9-18(17)24-20-11-4-3-10-19(20)23-14-16-7-5-6-15(12-16)13-22/h1-12,23-24H,13-14,22H2. The van der Waals surface area contributed by atoms with Crippen LogP contribution in [0.5, 0.6) is 0 Å². The molecule has 0 fully saturated rings. The minimum Gasteiger partial charge on any atom is -0.379 e. The van der Waals surface area contributed by atoms with Crippen molar-refractivity contribution >= 4 is 17.1 Å². The van der Waals surface area contributed by atoms with E-state index < -0.39 is 0 Å². The van der Waals surface area contributed by atoms with E-state index in [4.69, 9.17) is 5.73 Å². The van der Waals surface area contributed by atoms with Gasteiger partial charge in [0.05, 0.1) is 17.1 Å². The highest BCUT2D eigenvalue weighted by molar-refractivity contribution is 5.74. The van der Waals surface area contributed by atoms with Crippen LogP contribution in [0.3, 0.4) is 0 Å². The van der Waals surface area contributed by atoms with Crippen LogP contribution in [0.1, 0.15) is 11.1 Å². The molecule has 0 spiro atoms. The molecule has 0 aliphatic rings. The van der Waals surface area contributed by atoms with E-state index in [1.165, 1.54) is 6.07 Å². The van der Waals surface area contributed by atoms with Gasteiger partial charge < -0.3 is 16.4 Å². The maximum absolute atomic E-state index is 13.8. The molecule has 0 unspecified atom stereocenters. The van der Waals surface area contributed by atoms with Crippen molar-refractivity contribution in [3.8, 4) is 0 Å². The Bertz CT molecular complexity index is 817. The van der Waals surface area contributed by atoms with Crippen LogP contribution in [-0.4, -0.2) is 0 Å². The Morgan fingerprint density at radius 1 is 0.750 bits per heavy atom. The molecule has 0 aliphatic carbocycles. The molecule has 0 radical (unpaired) electrons. The third-order valence-corrected chi connectivity index (χ3v) is 3.78. The van der Waals surface area contributed by atoms with Gasteiger partial charge in [-0.2, -0.15) is 0 Å². The van der Waals surface area contributed by atoms with Gasteiger partial charge in [0.1, 0.15) is 5.82 Å². The van der Waals surface area contributed by atoms with Crippen LogP contribution in [-0.2, 0) is 13.1 Å². The first-order chi connectivity index (χ1) is 11.8. The molecule has 3 rings (SSSR count). The van der Waals surface area contributed by atoms with Crippen molar-refractivity contribution in [3.05, 3.63) is 89.7 Å². The molecule has 0 aromatic heterocycles. The highest BCUT2D eigenvalue weighted by Gasteiger charge is 2.05. The average molecular weight is 321 g/mol. The van der Waals surface area contributed by atoms with Crippen LogP contribution in [0.4, 0.5) is 21.5 Å². The van der Waals surface area contributed by atoms with Crippen LogP contribution < -0.4 is 16.4 Å². The second kappa shape index (κ2) is 7.62. The van der Waals surface area contributed by atoms with E-state index in [0.717, 1.165) is 22.5 Å². The summed E-state index contributed by atoms with van der Waals surface area (Å²) in [7, 11) is 0. The van der Waals surface area contributed by atoms with E-state index in [2.05, 4.69) is 22.8 Å². The fourth-order valence-electron chi connectivity index (χ4n) is 2.52. The third-order valence-electron chi connectivity index (χ3n) is 3.78. The van der Waals surface area contributed by atoms with Crippen molar-refractivity contribution in [3.63, 3.8) is 0 Å². The maximum atomic E-state index is 13.8. The molecule has 122 valence electrons. The van der Waals surface area contributed by atoms with Gasteiger partial charge in [-0.15, -0.1) is 0 Å². The van der Waals surface area contributed by atoms with Gasteiger partial charge in [0.15, 0.2) is 0 Å². The molecule has 3 aromatic carbocycles. The minimum atomic E-state index is -0.275. The number of halogens is 1. The normalized spacial score (nSPS) is 10.4. The van der Waals surface area contributed by atoms with Crippen LogP contribution in [0, 0.1) is 5.82 Å².